The van der Waals surface area contributed by atoms with Crippen LogP contribution in [0.15, 0.2) is 60.8 Å². The molecule has 2 atom stereocenters. The second-order valence-corrected chi connectivity index (χ2v) is 12.7. The Kier molecular flexibility index (Phi) is 7.88. The SMILES string of the molecule is CC[C@@H]1CN(Cc2cc(C(c3ccc4c(nnn4C)c3C)C(C)(C)C(=O)OC)ccc2C)Cc2cc3cccnc3cc2O1. The molecule has 6 rings (SSSR count). The molecule has 0 saturated heterocycles. The number of nitrogens with zero attached hydrogens (tertiary/aromatic N) is 5. The Labute approximate surface area is 259 Å². The number of carbonyl (C=O) groups excluding carboxylic acids is 1. The van der Waals surface area contributed by atoms with Crippen LogP contribution in [-0.4, -0.2) is 50.6 Å². The molecule has 3 aromatic carbocycles. The van der Waals surface area contributed by atoms with Crippen LogP contribution in [0.25, 0.3) is 21.9 Å². The van der Waals surface area contributed by atoms with E-state index in [2.05, 4.69) is 83.4 Å². The molecular formula is C36H41N5O3. The molecule has 0 aliphatic carbocycles. The van der Waals surface area contributed by atoms with Crippen LogP contribution in [0.1, 0.15) is 66.5 Å². The Morgan fingerprint density at radius 1 is 1.14 bits per heavy atom. The van der Waals surface area contributed by atoms with Gasteiger partial charge >= 0.3 is 5.97 Å². The summed E-state index contributed by atoms with van der Waals surface area (Å²) in [6, 6.07) is 19.2. The largest absolute Gasteiger partial charge is 0.489 e. The maximum atomic E-state index is 13.3. The zero-order valence-corrected chi connectivity index (χ0v) is 26.7. The summed E-state index contributed by atoms with van der Waals surface area (Å²) in [6.07, 6.45) is 2.81. The average molecular weight is 592 g/mol. The number of aryl methyl sites for hydroxylation is 3. The molecule has 0 saturated carbocycles. The van der Waals surface area contributed by atoms with Crippen molar-refractivity contribution in [2.24, 2.45) is 12.5 Å². The van der Waals surface area contributed by atoms with Crippen molar-refractivity contribution in [1.82, 2.24) is 24.9 Å². The Morgan fingerprint density at radius 2 is 1.95 bits per heavy atom. The summed E-state index contributed by atoms with van der Waals surface area (Å²) < 4.78 is 13.7. The lowest BCUT2D eigenvalue weighted by molar-refractivity contribution is -0.151. The molecule has 1 unspecified atom stereocenters. The van der Waals surface area contributed by atoms with E-state index in [1.165, 1.54) is 23.8 Å². The molecule has 0 spiro atoms. The molecule has 3 heterocycles. The highest BCUT2D eigenvalue weighted by Gasteiger charge is 2.41. The summed E-state index contributed by atoms with van der Waals surface area (Å²) in [4.78, 5) is 20.3. The van der Waals surface area contributed by atoms with E-state index in [-0.39, 0.29) is 18.0 Å². The number of hydrogen-bond donors (Lipinski definition) is 0. The topological polar surface area (TPSA) is 82.4 Å². The van der Waals surface area contributed by atoms with Crippen molar-refractivity contribution in [1.29, 1.82) is 0 Å². The van der Waals surface area contributed by atoms with E-state index in [4.69, 9.17) is 9.47 Å². The number of pyridine rings is 1. The molecule has 0 radical (unpaired) electrons. The monoisotopic (exact) mass is 591 g/mol. The third-order valence-electron chi connectivity index (χ3n) is 9.31. The van der Waals surface area contributed by atoms with Crippen molar-refractivity contribution in [3.63, 3.8) is 0 Å². The summed E-state index contributed by atoms with van der Waals surface area (Å²) in [6.45, 7) is 12.7. The molecule has 0 N–H and O–H groups in total. The van der Waals surface area contributed by atoms with Gasteiger partial charge in [0.15, 0.2) is 0 Å². The lowest BCUT2D eigenvalue weighted by Crippen LogP contribution is -2.34. The van der Waals surface area contributed by atoms with Crippen molar-refractivity contribution < 1.29 is 14.3 Å². The predicted molar refractivity (Wildman–Crippen MR) is 173 cm³/mol. The summed E-state index contributed by atoms with van der Waals surface area (Å²) in [5.74, 6) is 0.416. The number of fused-ring (bicyclic) bond motifs is 3. The second kappa shape index (κ2) is 11.7. The van der Waals surface area contributed by atoms with Gasteiger partial charge in [0.1, 0.15) is 17.4 Å². The van der Waals surface area contributed by atoms with Crippen LogP contribution in [0.5, 0.6) is 5.75 Å². The first-order valence-corrected chi connectivity index (χ1v) is 15.3. The van der Waals surface area contributed by atoms with Gasteiger partial charge in [-0.15, -0.1) is 5.10 Å². The van der Waals surface area contributed by atoms with Crippen LogP contribution in [0.2, 0.25) is 0 Å². The Bertz CT molecular complexity index is 1860. The van der Waals surface area contributed by atoms with Crippen LogP contribution in [0.4, 0.5) is 0 Å². The highest BCUT2D eigenvalue weighted by atomic mass is 16.5. The molecule has 44 heavy (non-hydrogen) atoms. The van der Waals surface area contributed by atoms with Crippen molar-refractivity contribution in [2.75, 3.05) is 13.7 Å². The van der Waals surface area contributed by atoms with Crippen LogP contribution in [0, 0.1) is 19.3 Å². The zero-order valence-electron chi connectivity index (χ0n) is 26.7. The Morgan fingerprint density at radius 3 is 2.73 bits per heavy atom. The van der Waals surface area contributed by atoms with Crippen molar-refractivity contribution in [3.05, 3.63) is 94.2 Å². The van der Waals surface area contributed by atoms with Crippen LogP contribution in [0.3, 0.4) is 0 Å². The number of hydrogen-bond acceptors (Lipinski definition) is 7. The van der Waals surface area contributed by atoms with Crippen molar-refractivity contribution in [3.8, 4) is 5.75 Å². The highest BCUT2D eigenvalue weighted by Crippen LogP contribution is 2.44. The van der Waals surface area contributed by atoms with Gasteiger partial charge in [-0.3, -0.25) is 14.7 Å². The standard InChI is InChI=1S/C36H41N5O3/c1-8-28-21-41(20-27-16-24-10-9-15-37-30(24)18-32(27)44-28)19-26-17-25(12-11-22(26)2)33(36(4,5)35(42)43-7)29-13-14-31-34(23(29)3)38-39-40(31)6/h9-18,28,33H,8,19-21H2,1-7H3/t28-,33?/m1/s1. The molecule has 2 aromatic heterocycles. The minimum Gasteiger partial charge on any atom is -0.489 e. The first-order chi connectivity index (χ1) is 21.1. The molecular weight excluding hydrogens is 550 g/mol. The quantitative estimate of drug-likeness (QED) is 0.196. The van der Waals surface area contributed by atoms with Gasteiger partial charge in [-0.1, -0.05) is 42.5 Å². The summed E-state index contributed by atoms with van der Waals surface area (Å²) in [7, 11) is 3.36. The maximum absolute atomic E-state index is 13.3. The molecule has 0 bridgehead atoms. The summed E-state index contributed by atoms with van der Waals surface area (Å²) >= 11 is 0. The minimum absolute atomic E-state index is 0.0771. The fourth-order valence-electron chi connectivity index (χ4n) is 6.73. The number of ether oxygens (including phenoxy) is 2. The van der Waals surface area contributed by atoms with Gasteiger partial charge in [-0.2, -0.15) is 0 Å². The average Bonchev–Trinajstić information content (AvgIpc) is 3.30. The molecule has 228 valence electrons. The molecule has 5 aromatic rings. The van der Waals surface area contributed by atoms with E-state index in [0.717, 1.165) is 70.4 Å². The lowest BCUT2D eigenvalue weighted by Gasteiger charge is -2.34. The van der Waals surface area contributed by atoms with Crippen LogP contribution < -0.4 is 4.74 Å². The van der Waals surface area contributed by atoms with E-state index in [9.17, 15) is 4.79 Å². The number of rotatable bonds is 7. The van der Waals surface area contributed by atoms with E-state index >= 15 is 0 Å². The normalized spacial score (nSPS) is 16.4. The van der Waals surface area contributed by atoms with Gasteiger partial charge in [0.2, 0.25) is 0 Å². The van der Waals surface area contributed by atoms with Gasteiger partial charge in [0.05, 0.1) is 23.6 Å². The molecule has 0 fully saturated rings. The molecule has 8 heteroatoms. The first kappa shape index (κ1) is 29.8. The zero-order chi connectivity index (χ0) is 31.2. The van der Waals surface area contributed by atoms with E-state index < -0.39 is 5.41 Å². The van der Waals surface area contributed by atoms with E-state index in [0.29, 0.717) is 0 Å². The van der Waals surface area contributed by atoms with Crippen molar-refractivity contribution >= 4 is 27.9 Å². The number of esters is 1. The van der Waals surface area contributed by atoms with Crippen molar-refractivity contribution in [2.45, 2.75) is 66.2 Å². The predicted octanol–water partition coefficient (Wildman–Crippen LogP) is 6.64. The molecule has 0 amide bonds. The molecule has 8 nitrogen and oxygen atoms in total. The van der Waals surface area contributed by atoms with Gasteiger partial charge in [0, 0.05) is 55.8 Å². The summed E-state index contributed by atoms with van der Waals surface area (Å²) in [5.41, 5.74) is 8.68. The van der Waals surface area contributed by atoms with Gasteiger partial charge in [0.25, 0.3) is 0 Å². The molecule has 1 aliphatic heterocycles. The Hall–Kier alpha value is -4.30. The molecule has 1 aliphatic rings. The third kappa shape index (κ3) is 5.32. The van der Waals surface area contributed by atoms with Gasteiger partial charge < -0.3 is 9.47 Å². The van der Waals surface area contributed by atoms with Gasteiger partial charge in [-0.05, 0) is 80.1 Å². The lowest BCUT2D eigenvalue weighted by atomic mass is 9.69. The number of carbonyl (C=O) groups is 1. The number of benzene rings is 3. The van der Waals surface area contributed by atoms with E-state index in [1.807, 2.05) is 39.2 Å². The van der Waals surface area contributed by atoms with Gasteiger partial charge in [-0.25, -0.2) is 4.68 Å². The van der Waals surface area contributed by atoms with Crippen LogP contribution >= 0.6 is 0 Å². The first-order valence-electron chi connectivity index (χ1n) is 15.3. The maximum Gasteiger partial charge on any atom is 0.312 e. The number of aromatic nitrogens is 4. The number of methoxy groups -OCH3 is 1. The second-order valence-electron chi connectivity index (χ2n) is 12.7. The minimum atomic E-state index is -0.834. The fraction of sp³-hybridized carbons (Fsp3) is 0.389. The summed E-state index contributed by atoms with van der Waals surface area (Å²) in [5, 5.41) is 9.81. The Balaban J connectivity index is 1.40. The van der Waals surface area contributed by atoms with Crippen LogP contribution in [-0.2, 0) is 29.7 Å². The fourth-order valence-corrected chi connectivity index (χ4v) is 6.73. The highest BCUT2D eigenvalue weighted by molar-refractivity contribution is 5.83. The smallest absolute Gasteiger partial charge is 0.312 e. The third-order valence-corrected chi connectivity index (χ3v) is 9.31. The van der Waals surface area contributed by atoms with E-state index in [1.54, 1.807) is 4.68 Å².